The number of aryl methyl sites for hydroxylation is 1. The maximum absolute atomic E-state index is 12.7. The van der Waals surface area contributed by atoms with Crippen LogP contribution in [-0.4, -0.2) is 51.2 Å². The Balaban J connectivity index is 1.42. The first kappa shape index (κ1) is 25.2. The quantitative estimate of drug-likeness (QED) is 0.452. The monoisotopic (exact) mass is 500 g/mol. The molecule has 0 amide bonds. The second kappa shape index (κ2) is 10.5. The summed E-state index contributed by atoms with van der Waals surface area (Å²) >= 11 is 0. The molecule has 1 aliphatic carbocycles. The van der Waals surface area contributed by atoms with E-state index < -0.39 is 0 Å². The Morgan fingerprint density at radius 2 is 1.86 bits per heavy atom. The van der Waals surface area contributed by atoms with Crippen molar-refractivity contribution in [3.8, 4) is 11.8 Å². The lowest BCUT2D eigenvalue weighted by molar-refractivity contribution is 0.0939. The van der Waals surface area contributed by atoms with Gasteiger partial charge in [0.15, 0.2) is 5.82 Å². The maximum atomic E-state index is 12.7. The van der Waals surface area contributed by atoms with Gasteiger partial charge in [0.2, 0.25) is 0 Å². The highest BCUT2D eigenvalue weighted by Gasteiger charge is 2.36. The minimum atomic E-state index is -0.313. The standard InChI is InChI=1S/C29H36N6O2/c1-5-23-17-34(28-27-26(33(4)29(36)32-28)14-11-22(15-30)31-27)19(3)16-35(23)25(6-2)21-9-12-24(13-10-21)37-18-20-7-8-20/h9-14,19-20,23,25H,5-8,16-18H2,1-4H3/t19-,23+,25?/m0/s1. The number of anilines is 1. The van der Waals surface area contributed by atoms with Crippen molar-refractivity contribution in [3.05, 3.63) is 58.1 Å². The molecule has 3 atom stereocenters. The number of pyridine rings is 1. The molecule has 1 aromatic carbocycles. The summed E-state index contributed by atoms with van der Waals surface area (Å²) in [6, 6.07) is 14.9. The molecule has 2 aliphatic rings. The average Bonchev–Trinajstić information content (AvgIpc) is 3.75. The Bertz CT molecular complexity index is 1360. The van der Waals surface area contributed by atoms with Crippen molar-refractivity contribution in [1.29, 1.82) is 5.26 Å². The summed E-state index contributed by atoms with van der Waals surface area (Å²) < 4.78 is 7.45. The van der Waals surface area contributed by atoms with Gasteiger partial charge in [0, 0.05) is 38.3 Å². The van der Waals surface area contributed by atoms with Gasteiger partial charge in [0.1, 0.15) is 23.0 Å². The molecule has 37 heavy (non-hydrogen) atoms. The van der Waals surface area contributed by atoms with Crippen LogP contribution in [0.1, 0.15) is 63.8 Å². The minimum absolute atomic E-state index is 0.119. The van der Waals surface area contributed by atoms with Gasteiger partial charge in [0.25, 0.3) is 0 Å². The third-order valence-electron chi connectivity index (χ3n) is 7.91. The zero-order chi connectivity index (χ0) is 26.1. The third kappa shape index (κ3) is 5.05. The number of nitriles is 1. The summed E-state index contributed by atoms with van der Waals surface area (Å²) in [5.74, 6) is 2.26. The largest absolute Gasteiger partial charge is 0.493 e. The molecule has 0 N–H and O–H groups in total. The van der Waals surface area contributed by atoms with Gasteiger partial charge in [-0.25, -0.2) is 9.78 Å². The molecule has 3 heterocycles. The lowest BCUT2D eigenvalue weighted by Crippen LogP contribution is -2.58. The third-order valence-corrected chi connectivity index (χ3v) is 7.91. The van der Waals surface area contributed by atoms with Crippen LogP contribution >= 0.6 is 0 Å². The first-order valence-corrected chi connectivity index (χ1v) is 13.5. The molecule has 0 bridgehead atoms. The zero-order valence-electron chi connectivity index (χ0n) is 22.2. The summed E-state index contributed by atoms with van der Waals surface area (Å²) in [5.41, 5.74) is 2.60. The maximum Gasteiger partial charge on any atom is 0.349 e. The topological polar surface area (TPSA) is 87.3 Å². The Labute approximate surface area is 218 Å². The van der Waals surface area contributed by atoms with E-state index in [1.807, 2.05) is 0 Å². The van der Waals surface area contributed by atoms with Gasteiger partial charge < -0.3 is 9.64 Å². The van der Waals surface area contributed by atoms with E-state index in [-0.39, 0.29) is 17.8 Å². The molecule has 1 saturated heterocycles. The fraction of sp³-hybridized carbons (Fsp3) is 0.517. The Kier molecular flexibility index (Phi) is 7.16. The van der Waals surface area contributed by atoms with E-state index in [0.717, 1.165) is 44.2 Å². The van der Waals surface area contributed by atoms with Crippen molar-refractivity contribution >= 4 is 16.9 Å². The zero-order valence-corrected chi connectivity index (χ0v) is 22.2. The van der Waals surface area contributed by atoms with Gasteiger partial charge in [-0.2, -0.15) is 10.2 Å². The highest BCUT2D eigenvalue weighted by atomic mass is 16.5. The smallest absolute Gasteiger partial charge is 0.349 e. The number of hydrogen-bond acceptors (Lipinski definition) is 7. The molecule has 3 aromatic rings. The SMILES string of the molecule is CCC(c1ccc(OCC2CC2)cc1)N1C[C@H](C)N(c2nc(=O)n(C)c3ccc(C#N)nc23)C[C@H]1CC. The number of rotatable bonds is 8. The van der Waals surface area contributed by atoms with Gasteiger partial charge in [-0.05, 0) is 68.4 Å². The summed E-state index contributed by atoms with van der Waals surface area (Å²) in [4.78, 5) is 26.6. The molecular formula is C29H36N6O2. The van der Waals surface area contributed by atoms with Gasteiger partial charge >= 0.3 is 5.69 Å². The first-order chi connectivity index (χ1) is 17.9. The Morgan fingerprint density at radius 3 is 2.51 bits per heavy atom. The predicted octanol–water partition coefficient (Wildman–Crippen LogP) is 4.43. The number of aromatic nitrogens is 3. The Hall–Kier alpha value is -3.44. The van der Waals surface area contributed by atoms with Crippen LogP contribution < -0.4 is 15.3 Å². The van der Waals surface area contributed by atoms with Crippen LogP contribution in [0.25, 0.3) is 11.0 Å². The normalized spacial score (nSPS) is 21.1. The van der Waals surface area contributed by atoms with E-state index in [2.05, 4.69) is 70.9 Å². The van der Waals surface area contributed by atoms with E-state index in [9.17, 15) is 10.1 Å². The molecule has 5 rings (SSSR count). The molecule has 8 heteroatoms. The molecule has 1 aliphatic heterocycles. The van der Waals surface area contributed by atoms with Crippen molar-refractivity contribution in [2.45, 2.75) is 64.6 Å². The Morgan fingerprint density at radius 1 is 1.11 bits per heavy atom. The average molecular weight is 501 g/mol. The second-order valence-electron chi connectivity index (χ2n) is 10.5. The second-order valence-corrected chi connectivity index (χ2v) is 10.5. The van der Waals surface area contributed by atoms with Crippen molar-refractivity contribution in [2.75, 3.05) is 24.6 Å². The minimum Gasteiger partial charge on any atom is -0.493 e. The first-order valence-electron chi connectivity index (χ1n) is 13.5. The van der Waals surface area contributed by atoms with Crippen LogP contribution in [0.2, 0.25) is 0 Å². The summed E-state index contributed by atoms with van der Waals surface area (Å²) in [5, 5.41) is 9.43. The van der Waals surface area contributed by atoms with Crippen LogP contribution in [0.5, 0.6) is 5.75 Å². The van der Waals surface area contributed by atoms with Crippen LogP contribution in [0, 0.1) is 17.2 Å². The van der Waals surface area contributed by atoms with E-state index >= 15 is 0 Å². The van der Waals surface area contributed by atoms with Crippen LogP contribution in [0.15, 0.2) is 41.2 Å². The fourth-order valence-corrected chi connectivity index (χ4v) is 5.52. The van der Waals surface area contributed by atoms with Crippen LogP contribution in [-0.2, 0) is 7.05 Å². The van der Waals surface area contributed by atoms with E-state index in [1.165, 1.54) is 23.0 Å². The van der Waals surface area contributed by atoms with E-state index in [4.69, 9.17) is 4.74 Å². The van der Waals surface area contributed by atoms with Crippen molar-refractivity contribution in [1.82, 2.24) is 19.4 Å². The number of ether oxygens (including phenoxy) is 1. The van der Waals surface area contributed by atoms with Gasteiger partial charge in [-0.1, -0.05) is 26.0 Å². The molecule has 8 nitrogen and oxygen atoms in total. The van der Waals surface area contributed by atoms with Gasteiger partial charge in [-0.15, -0.1) is 0 Å². The molecular weight excluding hydrogens is 464 g/mol. The molecule has 1 unspecified atom stereocenters. The van der Waals surface area contributed by atoms with E-state index in [0.29, 0.717) is 28.6 Å². The van der Waals surface area contributed by atoms with Crippen molar-refractivity contribution < 1.29 is 4.74 Å². The molecule has 0 radical (unpaired) electrons. The van der Waals surface area contributed by atoms with E-state index in [1.54, 1.807) is 19.2 Å². The number of fused-ring (bicyclic) bond motifs is 1. The molecule has 2 fully saturated rings. The molecule has 194 valence electrons. The fourth-order valence-electron chi connectivity index (χ4n) is 5.52. The van der Waals surface area contributed by atoms with Gasteiger partial charge in [0.05, 0.1) is 12.1 Å². The summed E-state index contributed by atoms with van der Waals surface area (Å²) in [7, 11) is 1.69. The highest BCUT2D eigenvalue weighted by molar-refractivity contribution is 5.86. The number of piperazine rings is 1. The lowest BCUT2D eigenvalue weighted by atomic mass is 9.96. The number of nitrogens with zero attached hydrogens (tertiary/aromatic N) is 6. The van der Waals surface area contributed by atoms with Crippen molar-refractivity contribution in [3.63, 3.8) is 0 Å². The predicted molar refractivity (Wildman–Crippen MR) is 145 cm³/mol. The number of hydrogen-bond donors (Lipinski definition) is 0. The highest BCUT2D eigenvalue weighted by Crippen LogP contribution is 2.35. The van der Waals surface area contributed by atoms with Crippen molar-refractivity contribution in [2.24, 2.45) is 13.0 Å². The lowest BCUT2D eigenvalue weighted by Gasteiger charge is -2.49. The summed E-state index contributed by atoms with van der Waals surface area (Å²) in [6.45, 7) is 9.05. The van der Waals surface area contributed by atoms with Gasteiger partial charge in [-0.3, -0.25) is 9.47 Å². The summed E-state index contributed by atoms with van der Waals surface area (Å²) in [6.07, 6.45) is 4.56. The van der Waals surface area contributed by atoms with Crippen LogP contribution in [0.3, 0.4) is 0 Å². The molecule has 0 spiro atoms. The molecule has 2 aromatic heterocycles. The molecule has 1 saturated carbocycles. The van der Waals surface area contributed by atoms with Crippen LogP contribution in [0.4, 0.5) is 5.82 Å². The number of benzene rings is 1.